The standard InChI is InChI=1S/C31H38N4O2/c36-31(24-37-30-11-5-2-6-12-30)33-26-13-15-29(16-14-26)35-20-17-27(18-21-35)32-28-10-7-19-34(23-28)22-25-8-3-1-4-9-25/h1-6,8-9,11-16,27-28,32H,7,10,17-24H2,(H,33,36)/t28-/m1/s1. The normalized spacial score (nSPS) is 18.9. The summed E-state index contributed by atoms with van der Waals surface area (Å²) in [5.74, 6) is 0.535. The van der Waals surface area contributed by atoms with Gasteiger partial charge in [0.15, 0.2) is 6.61 Å². The number of rotatable bonds is 9. The third-order valence-electron chi connectivity index (χ3n) is 7.35. The van der Waals surface area contributed by atoms with Gasteiger partial charge in [-0.15, -0.1) is 0 Å². The van der Waals surface area contributed by atoms with Crippen molar-refractivity contribution < 1.29 is 9.53 Å². The summed E-state index contributed by atoms with van der Waals surface area (Å²) in [4.78, 5) is 17.3. The van der Waals surface area contributed by atoms with Gasteiger partial charge in [0.25, 0.3) is 5.91 Å². The van der Waals surface area contributed by atoms with E-state index in [9.17, 15) is 4.79 Å². The van der Waals surface area contributed by atoms with Gasteiger partial charge in [-0.25, -0.2) is 0 Å². The number of anilines is 2. The van der Waals surface area contributed by atoms with Crippen LogP contribution in [0.1, 0.15) is 31.2 Å². The molecule has 2 N–H and O–H groups in total. The number of nitrogens with zero attached hydrogens (tertiary/aromatic N) is 2. The van der Waals surface area contributed by atoms with E-state index in [2.05, 4.69) is 62.9 Å². The molecule has 0 radical (unpaired) electrons. The van der Waals surface area contributed by atoms with Crippen molar-refractivity contribution in [3.8, 4) is 5.75 Å². The molecule has 2 aliphatic heterocycles. The van der Waals surface area contributed by atoms with Crippen molar-refractivity contribution in [1.29, 1.82) is 0 Å². The molecular weight excluding hydrogens is 460 g/mol. The highest BCUT2D eigenvalue weighted by Gasteiger charge is 2.25. The van der Waals surface area contributed by atoms with Gasteiger partial charge in [0.05, 0.1) is 0 Å². The first-order valence-electron chi connectivity index (χ1n) is 13.6. The third-order valence-corrected chi connectivity index (χ3v) is 7.35. The lowest BCUT2D eigenvalue weighted by molar-refractivity contribution is -0.118. The Labute approximate surface area is 220 Å². The highest BCUT2D eigenvalue weighted by atomic mass is 16.5. The molecule has 2 aliphatic rings. The van der Waals surface area contributed by atoms with Gasteiger partial charge in [0.2, 0.25) is 0 Å². The monoisotopic (exact) mass is 498 g/mol. The number of nitrogens with one attached hydrogen (secondary N) is 2. The number of likely N-dealkylation sites (tertiary alicyclic amines) is 1. The minimum absolute atomic E-state index is 0.00269. The second-order valence-corrected chi connectivity index (χ2v) is 10.2. The fourth-order valence-electron chi connectivity index (χ4n) is 5.43. The number of amides is 1. The molecule has 6 heteroatoms. The molecule has 1 atom stereocenters. The number of para-hydroxylation sites is 1. The van der Waals surface area contributed by atoms with Gasteiger partial charge in [0.1, 0.15) is 5.75 Å². The van der Waals surface area contributed by atoms with Crippen molar-refractivity contribution in [2.24, 2.45) is 0 Å². The van der Waals surface area contributed by atoms with E-state index in [1.807, 2.05) is 42.5 Å². The Morgan fingerprint density at radius 2 is 1.51 bits per heavy atom. The van der Waals surface area contributed by atoms with Crippen LogP contribution in [0.2, 0.25) is 0 Å². The van der Waals surface area contributed by atoms with Crippen LogP contribution in [0.3, 0.4) is 0 Å². The van der Waals surface area contributed by atoms with E-state index in [4.69, 9.17) is 4.74 Å². The molecule has 2 saturated heterocycles. The Morgan fingerprint density at radius 3 is 2.24 bits per heavy atom. The molecule has 0 aliphatic carbocycles. The second kappa shape index (κ2) is 12.7. The van der Waals surface area contributed by atoms with E-state index in [1.54, 1.807) is 0 Å². The lowest BCUT2D eigenvalue weighted by Gasteiger charge is -2.39. The minimum atomic E-state index is -0.159. The molecule has 0 unspecified atom stereocenters. The molecule has 6 nitrogen and oxygen atoms in total. The zero-order valence-corrected chi connectivity index (χ0v) is 21.5. The maximum Gasteiger partial charge on any atom is 0.262 e. The van der Waals surface area contributed by atoms with Gasteiger partial charge in [-0.05, 0) is 74.2 Å². The highest BCUT2D eigenvalue weighted by molar-refractivity contribution is 5.92. The number of carbonyl (C=O) groups excluding carboxylic acids is 1. The fourth-order valence-corrected chi connectivity index (χ4v) is 5.43. The molecule has 0 aromatic heterocycles. The number of carbonyl (C=O) groups is 1. The van der Waals surface area contributed by atoms with Crippen LogP contribution < -0.4 is 20.3 Å². The number of hydrogen-bond acceptors (Lipinski definition) is 5. The summed E-state index contributed by atoms with van der Waals surface area (Å²) in [6.45, 7) is 5.48. The van der Waals surface area contributed by atoms with Crippen LogP contribution in [-0.2, 0) is 11.3 Å². The summed E-state index contributed by atoms with van der Waals surface area (Å²) >= 11 is 0. The zero-order chi connectivity index (χ0) is 25.3. The van der Waals surface area contributed by atoms with Crippen LogP contribution >= 0.6 is 0 Å². The molecule has 5 rings (SSSR count). The van der Waals surface area contributed by atoms with Gasteiger partial charge in [0, 0.05) is 49.6 Å². The Morgan fingerprint density at radius 1 is 0.811 bits per heavy atom. The molecule has 2 heterocycles. The van der Waals surface area contributed by atoms with Crippen molar-refractivity contribution in [1.82, 2.24) is 10.2 Å². The fraction of sp³-hybridized carbons (Fsp3) is 0.387. The Balaban J connectivity index is 1.03. The summed E-state index contributed by atoms with van der Waals surface area (Å²) < 4.78 is 5.53. The molecule has 2 fully saturated rings. The molecule has 0 saturated carbocycles. The molecule has 0 spiro atoms. The summed E-state index contributed by atoms with van der Waals surface area (Å²) in [6, 6.07) is 29.5. The molecule has 3 aromatic carbocycles. The van der Waals surface area contributed by atoms with Crippen LogP contribution in [0.5, 0.6) is 5.75 Å². The lowest BCUT2D eigenvalue weighted by Crippen LogP contribution is -2.51. The van der Waals surface area contributed by atoms with Crippen LogP contribution in [0, 0.1) is 0 Å². The van der Waals surface area contributed by atoms with Crippen LogP contribution in [0.25, 0.3) is 0 Å². The third kappa shape index (κ3) is 7.57. The van der Waals surface area contributed by atoms with Crippen molar-refractivity contribution in [3.63, 3.8) is 0 Å². The molecule has 0 bridgehead atoms. The summed E-state index contributed by atoms with van der Waals surface area (Å²) in [5, 5.41) is 6.89. The lowest BCUT2D eigenvalue weighted by atomic mass is 9.99. The molecule has 3 aromatic rings. The SMILES string of the molecule is O=C(COc1ccccc1)Nc1ccc(N2CCC(N[C@@H]3CCCN(Cc4ccccc4)C3)CC2)cc1. The number of piperidine rings is 2. The Hall–Kier alpha value is -3.35. The van der Waals surface area contributed by atoms with Crippen molar-refractivity contribution in [2.45, 2.75) is 44.3 Å². The smallest absolute Gasteiger partial charge is 0.262 e. The van der Waals surface area contributed by atoms with E-state index in [-0.39, 0.29) is 12.5 Å². The largest absolute Gasteiger partial charge is 0.484 e. The molecule has 1 amide bonds. The maximum atomic E-state index is 12.2. The van der Waals surface area contributed by atoms with Crippen LogP contribution in [0.4, 0.5) is 11.4 Å². The Kier molecular flexibility index (Phi) is 8.72. The topological polar surface area (TPSA) is 56.8 Å². The van der Waals surface area contributed by atoms with Crippen molar-refractivity contribution in [3.05, 3.63) is 90.5 Å². The van der Waals surface area contributed by atoms with Gasteiger partial charge < -0.3 is 20.3 Å². The quantitative estimate of drug-likeness (QED) is 0.438. The first-order valence-corrected chi connectivity index (χ1v) is 13.6. The molecule has 37 heavy (non-hydrogen) atoms. The average molecular weight is 499 g/mol. The molecular formula is C31H38N4O2. The second-order valence-electron chi connectivity index (χ2n) is 10.2. The summed E-state index contributed by atoms with van der Waals surface area (Å²) in [5.41, 5.74) is 3.41. The zero-order valence-electron chi connectivity index (χ0n) is 21.5. The van der Waals surface area contributed by atoms with E-state index >= 15 is 0 Å². The first-order chi connectivity index (χ1) is 18.2. The number of benzene rings is 3. The van der Waals surface area contributed by atoms with E-state index < -0.39 is 0 Å². The summed E-state index contributed by atoms with van der Waals surface area (Å²) in [6.07, 6.45) is 4.86. The molecule has 194 valence electrons. The van der Waals surface area contributed by atoms with Gasteiger partial charge in [-0.1, -0.05) is 48.5 Å². The number of hydrogen-bond donors (Lipinski definition) is 2. The van der Waals surface area contributed by atoms with E-state index in [0.29, 0.717) is 17.8 Å². The van der Waals surface area contributed by atoms with Crippen molar-refractivity contribution >= 4 is 17.3 Å². The van der Waals surface area contributed by atoms with Crippen LogP contribution in [-0.4, -0.2) is 55.7 Å². The Bertz CT molecular complexity index is 1100. The van der Waals surface area contributed by atoms with E-state index in [0.717, 1.165) is 44.7 Å². The van der Waals surface area contributed by atoms with E-state index in [1.165, 1.54) is 30.6 Å². The predicted octanol–water partition coefficient (Wildman–Crippen LogP) is 4.93. The van der Waals surface area contributed by atoms with Crippen molar-refractivity contribution in [2.75, 3.05) is 43.0 Å². The average Bonchev–Trinajstić information content (AvgIpc) is 2.94. The highest BCUT2D eigenvalue weighted by Crippen LogP contribution is 2.23. The van der Waals surface area contributed by atoms with Gasteiger partial charge in [-0.3, -0.25) is 9.69 Å². The van der Waals surface area contributed by atoms with Gasteiger partial charge in [-0.2, -0.15) is 0 Å². The number of ether oxygens (including phenoxy) is 1. The first kappa shape index (κ1) is 25.3. The summed E-state index contributed by atoms with van der Waals surface area (Å²) in [7, 11) is 0. The maximum absolute atomic E-state index is 12.2. The predicted molar refractivity (Wildman–Crippen MR) is 150 cm³/mol. The minimum Gasteiger partial charge on any atom is -0.484 e. The van der Waals surface area contributed by atoms with Crippen LogP contribution in [0.15, 0.2) is 84.9 Å². The van der Waals surface area contributed by atoms with Gasteiger partial charge >= 0.3 is 0 Å².